The molecule has 0 aromatic heterocycles. The highest BCUT2D eigenvalue weighted by Gasteiger charge is 2.69. The summed E-state index contributed by atoms with van der Waals surface area (Å²) in [6.07, 6.45) is 3.49. The molecule has 6 heteroatoms. The summed E-state index contributed by atoms with van der Waals surface area (Å²) in [5.41, 5.74) is 0.926. The normalized spacial score (nSPS) is 40.0. The second-order valence-electron chi connectivity index (χ2n) is 6.61. The lowest BCUT2D eigenvalue weighted by Gasteiger charge is -2.54. The van der Waals surface area contributed by atoms with Crippen LogP contribution in [0.1, 0.15) is 18.4 Å². The first-order valence-electron chi connectivity index (χ1n) is 7.79. The van der Waals surface area contributed by atoms with Gasteiger partial charge in [-0.15, -0.1) is 5.98 Å². The van der Waals surface area contributed by atoms with Crippen LogP contribution in [0.15, 0.2) is 36.3 Å². The van der Waals surface area contributed by atoms with Crippen molar-refractivity contribution < 1.29 is 23.7 Å². The van der Waals surface area contributed by atoms with Crippen LogP contribution < -0.4 is 0 Å². The summed E-state index contributed by atoms with van der Waals surface area (Å²) in [7, 11) is 0. The van der Waals surface area contributed by atoms with E-state index in [1.807, 2.05) is 30.3 Å². The second-order valence-corrected chi connectivity index (χ2v) is 6.61. The minimum absolute atomic E-state index is 0.0828. The molecule has 1 N–H and O–H groups in total. The van der Waals surface area contributed by atoms with Gasteiger partial charge in [-0.1, -0.05) is 36.4 Å². The van der Waals surface area contributed by atoms with E-state index < -0.39 is 18.6 Å². The average Bonchev–Trinajstić information content (AvgIpc) is 3.00. The molecule has 0 saturated carbocycles. The van der Waals surface area contributed by atoms with E-state index in [9.17, 15) is 14.6 Å². The Balaban J connectivity index is 1.75. The highest BCUT2D eigenvalue weighted by atomic mass is 16.6. The number of nitrogens with zero attached hydrogens (tertiary/aromatic N) is 1. The third-order valence-corrected chi connectivity index (χ3v) is 5.54. The molecule has 4 atom stereocenters. The molecule has 3 saturated heterocycles. The molecule has 3 fully saturated rings. The van der Waals surface area contributed by atoms with Gasteiger partial charge in [0.2, 0.25) is 5.78 Å². The van der Waals surface area contributed by atoms with E-state index in [2.05, 4.69) is 0 Å². The molecule has 1 aromatic carbocycles. The van der Waals surface area contributed by atoms with Gasteiger partial charge in [0.15, 0.2) is 5.92 Å². The van der Waals surface area contributed by atoms with Crippen LogP contribution >= 0.6 is 0 Å². The van der Waals surface area contributed by atoms with Gasteiger partial charge in [0, 0.05) is 13.0 Å². The molecule has 22 heavy (non-hydrogen) atoms. The maximum Gasteiger partial charge on any atom is 0.549 e. The maximum absolute atomic E-state index is 12.2. The predicted molar refractivity (Wildman–Crippen MR) is 81.1 cm³/mol. The summed E-state index contributed by atoms with van der Waals surface area (Å²) in [6, 6.07) is 9.45. The lowest BCUT2D eigenvalue weighted by Crippen LogP contribution is -2.73. The minimum atomic E-state index is -2.52. The van der Waals surface area contributed by atoms with Crippen LogP contribution in [0.3, 0.4) is 0 Å². The predicted octanol–water partition coefficient (Wildman–Crippen LogP) is 0.905. The fourth-order valence-corrected chi connectivity index (χ4v) is 4.52. The van der Waals surface area contributed by atoms with Crippen molar-refractivity contribution in [2.24, 2.45) is 5.92 Å². The van der Waals surface area contributed by atoms with E-state index in [1.165, 1.54) is 0 Å². The highest BCUT2D eigenvalue weighted by Crippen LogP contribution is 2.47. The zero-order valence-corrected chi connectivity index (χ0v) is 12.2. The number of quaternary nitrogens is 1. The Bertz CT molecular complexity index is 676. The third-order valence-electron chi connectivity index (χ3n) is 5.54. The largest absolute Gasteiger partial charge is 0.611 e. The van der Waals surface area contributed by atoms with Crippen LogP contribution in [-0.4, -0.2) is 47.0 Å². The van der Waals surface area contributed by atoms with Crippen molar-refractivity contribution in [2.45, 2.75) is 18.9 Å². The van der Waals surface area contributed by atoms with Gasteiger partial charge in [0.25, 0.3) is 5.97 Å². The standard InChI is InChI=1S/C16H18BNO4/c19-14-11-18-10-4-7-13(18)15(14)16(20)22-17(18,21)9-8-12-5-2-1-3-6-12/h1-3,5-6,8-9,13,15,21H,4,7,10-11H2/b9-8+/t13-,15+,17?,18?/m0/s1. The van der Waals surface area contributed by atoms with Crippen LogP contribution in [-0.2, 0) is 14.2 Å². The van der Waals surface area contributed by atoms with Crippen LogP contribution in [0.5, 0.6) is 0 Å². The van der Waals surface area contributed by atoms with Crippen molar-refractivity contribution >= 4 is 24.5 Å². The first kappa shape index (κ1) is 13.7. The van der Waals surface area contributed by atoms with Gasteiger partial charge in [-0.25, -0.2) is 0 Å². The number of rotatable bonds is 2. The monoisotopic (exact) mass is 299 g/mol. The Hall–Kier alpha value is -1.92. The van der Waals surface area contributed by atoms with Gasteiger partial charge in [-0.3, -0.25) is 9.59 Å². The van der Waals surface area contributed by atoms with Gasteiger partial charge in [-0.2, -0.15) is 0 Å². The van der Waals surface area contributed by atoms with Gasteiger partial charge < -0.3 is 14.1 Å². The Morgan fingerprint density at radius 2 is 2.05 bits per heavy atom. The molecule has 2 bridgehead atoms. The molecule has 114 valence electrons. The van der Waals surface area contributed by atoms with Crippen molar-refractivity contribution in [1.82, 2.24) is 0 Å². The Kier molecular flexibility index (Phi) is 2.83. The van der Waals surface area contributed by atoms with Crippen molar-refractivity contribution in [3.8, 4) is 0 Å². The molecule has 1 aromatic rings. The fourth-order valence-electron chi connectivity index (χ4n) is 4.52. The molecular weight excluding hydrogens is 281 g/mol. The average molecular weight is 299 g/mol. The number of benzene rings is 1. The van der Waals surface area contributed by atoms with E-state index in [-0.39, 0.29) is 22.8 Å². The molecule has 4 rings (SSSR count). The molecule has 2 unspecified atom stereocenters. The lowest BCUT2D eigenvalue weighted by molar-refractivity contribution is -0.847. The number of hydrogen-bond donors (Lipinski definition) is 1. The van der Waals surface area contributed by atoms with Gasteiger partial charge >= 0.3 is 6.69 Å². The SMILES string of the molecule is O=C1C[N+]23CCC[C@H]2[C@H]1C(=O)O[B-]3(O)/C=C/c1ccccc1. The molecular formula is C16H18BNO4. The molecule has 5 nitrogen and oxygen atoms in total. The molecule has 3 aliphatic heterocycles. The first-order valence-corrected chi connectivity index (χ1v) is 7.79. The lowest BCUT2D eigenvalue weighted by atomic mass is 9.63. The molecule has 0 radical (unpaired) electrons. The van der Waals surface area contributed by atoms with E-state index in [0.29, 0.717) is 6.54 Å². The minimum Gasteiger partial charge on any atom is -0.611 e. The summed E-state index contributed by atoms with van der Waals surface area (Å²) >= 11 is 0. The third kappa shape index (κ3) is 1.68. The number of carbonyl (C=O) groups is 2. The number of hydrogen-bond acceptors (Lipinski definition) is 4. The summed E-state index contributed by atoms with van der Waals surface area (Å²) in [4.78, 5) is 24.4. The number of ketones is 1. The summed E-state index contributed by atoms with van der Waals surface area (Å²) in [5.74, 6) is 0.291. The smallest absolute Gasteiger partial charge is 0.549 e. The Labute approximate surface area is 128 Å². The maximum atomic E-state index is 12.2. The van der Waals surface area contributed by atoms with Gasteiger partial charge in [0.05, 0.1) is 6.04 Å². The van der Waals surface area contributed by atoms with Crippen LogP contribution in [0, 0.1) is 5.92 Å². The van der Waals surface area contributed by atoms with Crippen LogP contribution in [0.2, 0.25) is 0 Å². The quantitative estimate of drug-likeness (QED) is 0.651. The molecule has 0 amide bonds. The molecule has 3 heterocycles. The summed E-state index contributed by atoms with van der Waals surface area (Å²) in [6.45, 7) is -1.63. The van der Waals surface area contributed by atoms with Crippen molar-refractivity contribution in [3.63, 3.8) is 0 Å². The fraction of sp³-hybridized carbons (Fsp3) is 0.375. The van der Waals surface area contributed by atoms with E-state index in [0.717, 1.165) is 18.4 Å². The topological polar surface area (TPSA) is 63.6 Å². The van der Waals surface area contributed by atoms with Gasteiger partial charge in [-0.05, 0) is 12.0 Å². The molecule has 0 spiro atoms. The molecule has 3 aliphatic rings. The van der Waals surface area contributed by atoms with E-state index >= 15 is 0 Å². The first-order chi connectivity index (χ1) is 10.6. The van der Waals surface area contributed by atoms with Crippen molar-refractivity contribution in [2.75, 3.05) is 13.1 Å². The molecule has 0 aliphatic carbocycles. The zero-order valence-electron chi connectivity index (χ0n) is 12.2. The Morgan fingerprint density at radius 3 is 2.82 bits per heavy atom. The highest BCUT2D eigenvalue weighted by molar-refractivity contribution is 6.67. The zero-order chi connectivity index (χ0) is 15.4. The van der Waals surface area contributed by atoms with Crippen LogP contribution in [0.25, 0.3) is 6.08 Å². The van der Waals surface area contributed by atoms with Crippen molar-refractivity contribution in [1.29, 1.82) is 0 Å². The number of Topliss-reactive ketones (excluding diaryl/α,β-unsaturated/α-hetero) is 1. The Morgan fingerprint density at radius 1 is 1.27 bits per heavy atom. The summed E-state index contributed by atoms with van der Waals surface area (Å²) < 4.78 is 5.62. The van der Waals surface area contributed by atoms with Gasteiger partial charge in [0.1, 0.15) is 6.54 Å². The van der Waals surface area contributed by atoms with E-state index in [1.54, 1.807) is 12.1 Å². The number of carbonyl (C=O) groups excluding carboxylic acids is 2. The van der Waals surface area contributed by atoms with Crippen molar-refractivity contribution in [3.05, 3.63) is 41.9 Å². The van der Waals surface area contributed by atoms with E-state index in [4.69, 9.17) is 4.65 Å². The van der Waals surface area contributed by atoms with Crippen LogP contribution in [0.4, 0.5) is 0 Å². The second kappa shape index (κ2) is 4.54. The summed E-state index contributed by atoms with van der Waals surface area (Å²) in [5, 5.41) is 11.1.